The molecule has 1 amide bonds. The molecule has 0 fully saturated rings. The normalized spacial score (nSPS) is 14.1. The second-order valence-electron chi connectivity index (χ2n) is 8.66. The van der Waals surface area contributed by atoms with E-state index in [1.54, 1.807) is 72.5 Å². The molecule has 0 radical (unpaired) electrons. The first-order valence-electron chi connectivity index (χ1n) is 11.8. The van der Waals surface area contributed by atoms with E-state index in [0.717, 1.165) is 11.1 Å². The molecule has 0 atom stereocenters. The van der Waals surface area contributed by atoms with Gasteiger partial charge in [0.1, 0.15) is 11.5 Å². The quantitative estimate of drug-likeness (QED) is 0.247. The van der Waals surface area contributed by atoms with Gasteiger partial charge in [-0.2, -0.15) is 0 Å². The van der Waals surface area contributed by atoms with Crippen molar-refractivity contribution in [1.29, 1.82) is 0 Å². The van der Waals surface area contributed by atoms with Gasteiger partial charge in [-0.3, -0.25) is 9.69 Å². The molecule has 0 saturated heterocycles. The molecule has 3 aromatic carbocycles. The fraction of sp³-hybridized carbons (Fsp3) is 0.0645. The summed E-state index contributed by atoms with van der Waals surface area (Å²) in [5, 5.41) is 9.62. The highest BCUT2D eigenvalue weighted by atomic mass is 16.5. The molecule has 188 valence electrons. The molecule has 0 aliphatic carbocycles. The monoisotopic (exact) mass is 505 g/mol. The molecular formula is C31H23NO6. The first kappa shape index (κ1) is 24.5. The van der Waals surface area contributed by atoms with Crippen LogP contribution in [0, 0.1) is 6.92 Å². The smallest absolute Gasteiger partial charge is 0.337 e. The fourth-order valence-corrected chi connectivity index (χ4v) is 4.40. The lowest BCUT2D eigenvalue weighted by Crippen LogP contribution is -2.26. The number of carboxylic acids is 1. The van der Waals surface area contributed by atoms with E-state index in [1.165, 1.54) is 13.2 Å². The lowest BCUT2D eigenvalue weighted by Gasteiger charge is -2.23. The van der Waals surface area contributed by atoms with E-state index in [1.807, 2.05) is 30.3 Å². The van der Waals surface area contributed by atoms with Crippen LogP contribution in [0.15, 0.2) is 101 Å². The Morgan fingerprint density at radius 1 is 0.895 bits per heavy atom. The molecule has 1 aliphatic heterocycles. The van der Waals surface area contributed by atoms with Crippen molar-refractivity contribution in [2.75, 3.05) is 12.0 Å². The number of aromatic carboxylic acids is 1. The highest BCUT2D eigenvalue weighted by Gasteiger charge is 2.32. The third kappa shape index (κ3) is 4.53. The lowest BCUT2D eigenvalue weighted by atomic mass is 10.0. The molecule has 2 heterocycles. The third-order valence-corrected chi connectivity index (χ3v) is 6.34. The molecule has 1 aliphatic rings. The van der Waals surface area contributed by atoms with Crippen molar-refractivity contribution in [3.05, 3.63) is 125 Å². The number of ether oxygens (including phenoxy) is 1. The number of furan rings is 1. The van der Waals surface area contributed by atoms with E-state index in [-0.39, 0.29) is 11.5 Å². The van der Waals surface area contributed by atoms with E-state index in [0.29, 0.717) is 39.6 Å². The summed E-state index contributed by atoms with van der Waals surface area (Å²) >= 11 is 0. The van der Waals surface area contributed by atoms with E-state index < -0.39 is 11.9 Å². The van der Waals surface area contributed by atoms with Gasteiger partial charge in [0, 0.05) is 11.1 Å². The Hall–Kier alpha value is -5.17. The van der Waals surface area contributed by atoms with Gasteiger partial charge in [0.05, 0.1) is 29.6 Å². The van der Waals surface area contributed by atoms with Crippen molar-refractivity contribution in [2.24, 2.45) is 0 Å². The van der Waals surface area contributed by atoms with E-state index in [2.05, 4.69) is 0 Å². The summed E-state index contributed by atoms with van der Waals surface area (Å²) in [7, 11) is 1.33. The standard InChI is InChI=1S/C31H23NO6/c1-19-25(30(34)35)9-6-10-26(19)32-27(20-7-4-3-5-8-20)18-23(29(32)33)17-24-15-16-28(38-24)21-11-13-22(14-12-21)31(36)37-2/h3-18H,1-2H3,(H,34,35)/b23-17+. The Labute approximate surface area is 218 Å². The number of carboxylic acid groups (broad SMARTS) is 1. The molecule has 1 N–H and O–H groups in total. The number of anilines is 1. The van der Waals surface area contributed by atoms with Gasteiger partial charge in [0.15, 0.2) is 0 Å². The van der Waals surface area contributed by atoms with Crippen LogP contribution in [0.3, 0.4) is 0 Å². The number of hydrogen-bond donors (Lipinski definition) is 1. The number of rotatable bonds is 6. The molecule has 7 heteroatoms. The summed E-state index contributed by atoms with van der Waals surface area (Å²) in [6, 6.07) is 24.7. The van der Waals surface area contributed by atoms with Gasteiger partial charge >= 0.3 is 11.9 Å². The number of amides is 1. The summed E-state index contributed by atoms with van der Waals surface area (Å²) in [5.41, 5.74) is 4.17. The maximum Gasteiger partial charge on any atom is 0.337 e. The summed E-state index contributed by atoms with van der Waals surface area (Å²) < 4.78 is 10.7. The Bertz CT molecular complexity index is 1610. The van der Waals surface area contributed by atoms with Crippen LogP contribution in [0.2, 0.25) is 0 Å². The van der Waals surface area contributed by atoms with Crippen molar-refractivity contribution >= 4 is 35.3 Å². The zero-order valence-corrected chi connectivity index (χ0v) is 20.7. The summed E-state index contributed by atoms with van der Waals surface area (Å²) in [6.45, 7) is 1.70. The number of benzene rings is 3. The van der Waals surface area contributed by atoms with Crippen molar-refractivity contribution in [2.45, 2.75) is 6.92 Å². The molecular weight excluding hydrogens is 482 g/mol. The molecule has 4 aromatic rings. The first-order valence-corrected chi connectivity index (χ1v) is 11.8. The highest BCUT2D eigenvalue weighted by molar-refractivity contribution is 6.23. The van der Waals surface area contributed by atoms with E-state index in [4.69, 9.17) is 9.15 Å². The summed E-state index contributed by atoms with van der Waals surface area (Å²) in [5.74, 6) is -0.722. The van der Waals surface area contributed by atoms with Gasteiger partial charge in [-0.1, -0.05) is 48.5 Å². The van der Waals surface area contributed by atoms with Crippen LogP contribution in [-0.4, -0.2) is 30.1 Å². The predicted octanol–water partition coefficient (Wildman–Crippen LogP) is 6.21. The zero-order chi connectivity index (χ0) is 26.8. The largest absolute Gasteiger partial charge is 0.478 e. The van der Waals surface area contributed by atoms with Gasteiger partial charge < -0.3 is 14.3 Å². The van der Waals surface area contributed by atoms with Crippen molar-refractivity contribution < 1.29 is 28.6 Å². The van der Waals surface area contributed by atoms with Gasteiger partial charge in [0.25, 0.3) is 5.91 Å². The number of esters is 1. The minimum Gasteiger partial charge on any atom is -0.478 e. The second kappa shape index (κ2) is 10.1. The van der Waals surface area contributed by atoms with Crippen LogP contribution >= 0.6 is 0 Å². The molecule has 0 bridgehead atoms. The van der Waals surface area contributed by atoms with Gasteiger partial charge in [-0.25, -0.2) is 9.59 Å². The topological polar surface area (TPSA) is 97.0 Å². The molecule has 7 nitrogen and oxygen atoms in total. The molecule has 1 aromatic heterocycles. The van der Waals surface area contributed by atoms with Crippen LogP contribution in [0.4, 0.5) is 5.69 Å². The number of carbonyl (C=O) groups excluding carboxylic acids is 2. The Morgan fingerprint density at radius 2 is 1.63 bits per heavy atom. The zero-order valence-electron chi connectivity index (χ0n) is 20.7. The number of carbonyl (C=O) groups is 3. The Morgan fingerprint density at radius 3 is 2.32 bits per heavy atom. The lowest BCUT2D eigenvalue weighted by molar-refractivity contribution is -0.113. The average molecular weight is 506 g/mol. The van der Waals surface area contributed by atoms with Gasteiger partial charge in [-0.05, 0) is 66.6 Å². The summed E-state index contributed by atoms with van der Waals surface area (Å²) in [4.78, 5) is 38.7. The van der Waals surface area contributed by atoms with Crippen LogP contribution < -0.4 is 4.90 Å². The molecule has 0 saturated carbocycles. The summed E-state index contributed by atoms with van der Waals surface area (Å²) in [6.07, 6.45) is 3.44. The maximum atomic E-state index is 13.7. The highest BCUT2D eigenvalue weighted by Crippen LogP contribution is 2.38. The molecule has 0 spiro atoms. The first-order chi connectivity index (χ1) is 18.4. The number of methoxy groups -OCH3 is 1. The SMILES string of the molecule is COC(=O)c1ccc(-c2ccc(/C=C3\C=C(c4ccccc4)N(c4cccc(C(=O)O)c4C)C3=O)o2)cc1. The molecule has 5 rings (SSSR count). The number of hydrogen-bond acceptors (Lipinski definition) is 5. The van der Waals surface area contributed by atoms with Crippen LogP contribution in [-0.2, 0) is 9.53 Å². The Balaban J connectivity index is 1.52. The van der Waals surface area contributed by atoms with Gasteiger partial charge in [0.2, 0.25) is 0 Å². The van der Waals surface area contributed by atoms with Crippen molar-refractivity contribution in [1.82, 2.24) is 0 Å². The third-order valence-electron chi connectivity index (χ3n) is 6.34. The van der Waals surface area contributed by atoms with Crippen LogP contribution in [0.5, 0.6) is 0 Å². The average Bonchev–Trinajstić information content (AvgIpc) is 3.53. The molecule has 0 unspecified atom stereocenters. The predicted molar refractivity (Wildman–Crippen MR) is 144 cm³/mol. The minimum absolute atomic E-state index is 0.133. The second-order valence-corrected chi connectivity index (χ2v) is 8.66. The van der Waals surface area contributed by atoms with Gasteiger partial charge in [-0.15, -0.1) is 0 Å². The fourth-order valence-electron chi connectivity index (χ4n) is 4.40. The van der Waals surface area contributed by atoms with E-state index >= 15 is 0 Å². The number of nitrogens with zero attached hydrogens (tertiary/aromatic N) is 1. The minimum atomic E-state index is -1.06. The van der Waals surface area contributed by atoms with Crippen molar-refractivity contribution in [3.63, 3.8) is 0 Å². The molecule has 38 heavy (non-hydrogen) atoms. The maximum absolute atomic E-state index is 13.7. The van der Waals surface area contributed by atoms with Crippen LogP contribution in [0.1, 0.15) is 37.6 Å². The van der Waals surface area contributed by atoms with E-state index in [9.17, 15) is 19.5 Å². The van der Waals surface area contributed by atoms with Crippen molar-refractivity contribution in [3.8, 4) is 11.3 Å². The van der Waals surface area contributed by atoms with Crippen LogP contribution in [0.25, 0.3) is 23.1 Å². The Kier molecular flexibility index (Phi) is 6.49.